The molecule has 152 valence electrons. The maximum atomic E-state index is 12.9. The first kappa shape index (κ1) is 20.1. The van der Waals surface area contributed by atoms with Gasteiger partial charge in [0.25, 0.3) is 0 Å². The largest absolute Gasteiger partial charge is 0.342 e. The van der Waals surface area contributed by atoms with E-state index in [1.807, 2.05) is 11.0 Å². The Morgan fingerprint density at radius 3 is 2.72 bits per heavy atom. The first-order chi connectivity index (χ1) is 14.1. The van der Waals surface area contributed by atoms with Gasteiger partial charge in [-0.25, -0.2) is 4.98 Å². The van der Waals surface area contributed by atoms with Gasteiger partial charge in [-0.1, -0.05) is 18.2 Å². The fraction of sp³-hybridized carbons (Fsp3) is 0.435. The average molecular weight is 456 g/mol. The number of fused-ring (bicyclic) bond motifs is 1. The van der Waals surface area contributed by atoms with Crippen LogP contribution in [0.5, 0.6) is 0 Å². The number of carbonyl (C=O) groups is 2. The molecule has 1 aliphatic heterocycles. The van der Waals surface area contributed by atoms with E-state index >= 15 is 0 Å². The third-order valence-corrected chi connectivity index (χ3v) is 6.36. The lowest BCUT2D eigenvalue weighted by Gasteiger charge is -2.32. The summed E-state index contributed by atoms with van der Waals surface area (Å²) in [6.45, 7) is 1.20. The second kappa shape index (κ2) is 9.08. The second-order valence-corrected chi connectivity index (χ2v) is 8.93. The number of hydrogen-bond acceptors (Lipinski definition) is 3. The molecule has 29 heavy (non-hydrogen) atoms. The molecule has 2 amide bonds. The van der Waals surface area contributed by atoms with Crippen molar-refractivity contribution in [3.63, 3.8) is 0 Å². The van der Waals surface area contributed by atoms with Crippen LogP contribution in [0.15, 0.2) is 41.0 Å². The minimum absolute atomic E-state index is 0.0638. The monoisotopic (exact) mass is 455 g/mol. The van der Waals surface area contributed by atoms with Crippen LogP contribution in [0.4, 0.5) is 5.82 Å². The van der Waals surface area contributed by atoms with Gasteiger partial charge in [-0.05, 0) is 83.3 Å². The van der Waals surface area contributed by atoms with Crippen LogP contribution in [0.3, 0.4) is 0 Å². The number of likely N-dealkylation sites (tertiary alicyclic amines) is 1. The van der Waals surface area contributed by atoms with Crippen molar-refractivity contribution in [1.29, 1.82) is 0 Å². The number of amides is 2. The highest BCUT2D eigenvalue weighted by atomic mass is 79.9. The minimum Gasteiger partial charge on any atom is -0.342 e. The number of anilines is 1. The molecule has 1 aromatic heterocycles. The smallest absolute Gasteiger partial charge is 0.230 e. The van der Waals surface area contributed by atoms with Crippen LogP contribution in [0.2, 0.25) is 0 Å². The normalized spacial score (nSPS) is 18.8. The fourth-order valence-corrected chi connectivity index (χ4v) is 4.51. The Bertz CT molecular complexity index is 897. The Morgan fingerprint density at radius 1 is 1.10 bits per heavy atom. The molecule has 0 bridgehead atoms. The maximum Gasteiger partial charge on any atom is 0.230 e. The molecule has 0 radical (unpaired) electrons. The van der Waals surface area contributed by atoms with E-state index in [1.165, 1.54) is 24.0 Å². The van der Waals surface area contributed by atoms with E-state index in [2.05, 4.69) is 44.4 Å². The Labute approximate surface area is 180 Å². The SMILES string of the molecule is O=C(Nc1ccc(Br)cn1)C1CCCN(C(=O)Cc2ccc3c(c2)CCCC3)C1. The van der Waals surface area contributed by atoms with Gasteiger partial charge in [-0.15, -0.1) is 0 Å². The van der Waals surface area contributed by atoms with E-state index in [-0.39, 0.29) is 17.7 Å². The van der Waals surface area contributed by atoms with E-state index < -0.39 is 0 Å². The Kier molecular flexibility index (Phi) is 6.28. The number of carbonyl (C=O) groups excluding carboxylic acids is 2. The number of nitrogens with zero attached hydrogens (tertiary/aromatic N) is 2. The first-order valence-electron chi connectivity index (χ1n) is 10.4. The van der Waals surface area contributed by atoms with Crippen LogP contribution in [-0.2, 0) is 28.9 Å². The van der Waals surface area contributed by atoms with Gasteiger partial charge in [-0.3, -0.25) is 9.59 Å². The fourth-order valence-electron chi connectivity index (χ4n) is 4.28. The quantitative estimate of drug-likeness (QED) is 0.752. The topological polar surface area (TPSA) is 62.3 Å². The third kappa shape index (κ3) is 5.04. The molecular formula is C23H26BrN3O2. The van der Waals surface area contributed by atoms with Crippen molar-refractivity contribution < 1.29 is 9.59 Å². The standard InChI is InChI=1S/C23H26BrN3O2/c24-20-9-10-21(25-14-20)26-23(29)19-6-3-11-27(15-19)22(28)13-16-7-8-17-4-1-2-5-18(17)12-16/h7-10,12,14,19H,1-6,11,13,15H2,(H,25,26,29). The number of hydrogen-bond donors (Lipinski definition) is 1. The summed E-state index contributed by atoms with van der Waals surface area (Å²) in [5.74, 6) is 0.392. The molecule has 1 fully saturated rings. The van der Waals surface area contributed by atoms with Crippen LogP contribution >= 0.6 is 15.9 Å². The zero-order chi connectivity index (χ0) is 20.2. The van der Waals surface area contributed by atoms with Crippen molar-refractivity contribution in [3.8, 4) is 0 Å². The van der Waals surface area contributed by atoms with Crippen molar-refractivity contribution in [1.82, 2.24) is 9.88 Å². The summed E-state index contributed by atoms with van der Waals surface area (Å²) in [5, 5.41) is 2.87. The molecule has 2 heterocycles. The summed E-state index contributed by atoms with van der Waals surface area (Å²) in [6, 6.07) is 10.1. The Balaban J connectivity index is 1.35. The number of aryl methyl sites for hydroxylation is 2. The zero-order valence-electron chi connectivity index (χ0n) is 16.5. The molecule has 2 aliphatic rings. The van der Waals surface area contributed by atoms with Crippen molar-refractivity contribution in [2.24, 2.45) is 5.92 Å². The number of aromatic nitrogens is 1. The van der Waals surface area contributed by atoms with Gasteiger partial charge in [0.15, 0.2) is 0 Å². The molecule has 2 aromatic rings. The zero-order valence-corrected chi connectivity index (χ0v) is 18.1. The summed E-state index contributed by atoms with van der Waals surface area (Å²) >= 11 is 3.34. The van der Waals surface area contributed by atoms with E-state index in [0.29, 0.717) is 18.8 Å². The van der Waals surface area contributed by atoms with Crippen LogP contribution < -0.4 is 5.32 Å². The molecular weight excluding hydrogens is 430 g/mol. The Hall–Kier alpha value is -2.21. The van der Waals surface area contributed by atoms with Gasteiger partial charge in [0.05, 0.1) is 12.3 Å². The van der Waals surface area contributed by atoms with Crippen molar-refractivity contribution in [2.45, 2.75) is 44.9 Å². The van der Waals surface area contributed by atoms with Gasteiger partial charge in [-0.2, -0.15) is 0 Å². The number of nitrogens with one attached hydrogen (secondary N) is 1. The molecule has 1 unspecified atom stereocenters. The van der Waals surface area contributed by atoms with E-state index in [4.69, 9.17) is 0 Å². The summed E-state index contributed by atoms with van der Waals surface area (Å²) in [6.07, 6.45) is 8.49. The van der Waals surface area contributed by atoms with Gasteiger partial charge in [0.2, 0.25) is 11.8 Å². The molecule has 1 aliphatic carbocycles. The maximum absolute atomic E-state index is 12.9. The lowest BCUT2D eigenvalue weighted by Crippen LogP contribution is -2.44. The molecule has 0 saturated carbocycles. The minimum atomic E-state index is -0.193. The summed E-state index contributed by atoms with van der Waals surface area (Å²) < 4.78 is 0.868. The van der Waals surface area contributed by atoms with Crippen LogP contribution in [0, 0.1) is 5.92 Å². The molecule has 1 N–H and O–H groups in total. The molecule has 5 nitrogen and oxygen atoms in total. The summed E-state index contributed by atoms with van der Waals surface area (Å²) in [7, 11) is 0. The first-order valence-corrected chi connectivity index (χ1v) is 11.2. The predicted molar refractivity (Wildman–Crippen MR) is 117 cm³/mol. The number of pyridine rings is 1. The van der Waals surface area contributed by atoms with E-state index in [0.717, 1.165) is 42.3 Å². The van der Waals surface area contributed by atoms with Crippen molar-refractivity contribution in [2.75, 3.05) is 18.4 Å². The van der Waals surface area contributed by atoms with Crippen LogP contribution in [0.25, 0.3) is 0 Å². The molecule has 1 aromatic carbocycles. The van der Waals surface area contributed by atoms with Crippen molar-refractivity contribution in [3.05, 3.63) is 57.7 Å². The van der Waals surface area contributed by atoms with E-state index in [1.54, 1.807) is 12.3 Å². The number of piperidine rings is 1. The highest BCUT2D eigenvalue weighted by Gasteiger charge is 2.28. The second-order valence-electron chi connectivity index (χ2n) is 8.02. The van der Waals surface area contributed by atoms with Gasteiger partial charge < -0.3 is 10.2 Å². The lowest BCUT2D eigenvalue weighted by atomic mass is 9.89. The third-order valence-electron chi connectivity index (χ3n) is 5.89. The highest BCUT2D eigenvalue weighted by Crippen LogP contribution is 2.24. The summed E-state index contributed by atoms with van der Waals surface area (Å²) in [5.41, 5.74) is 3.92. The number of benzene rings is 1. The van der Waals surface area contributed by atoms with Crippen LogP contribution in [0.1, 0.15) is 42.4 Å². The average Bonchev–Trinajstić information content (AvgIpc) is 2.75. The van der Waals surface area contributed by atoms with Crippen LogP contribution in [-0.4, -0.2) is 34.8 Å². The van der Waals surface area contributed by atoms with Gasteiger partial charge >= 0.3 is 0 Å². The van der Waals surface area contributed by atoms with Crippen molar-refractivity contribution >= 4 is 33.6 Å². The van der Waals surface area contributed by atoms with Gasteiger partial charge in [0, 0.05) is 23.8 Å². The predicted octanol–water partition coefficient (Wildman–Crippen LogP) is 4.14. The van der Waals surface area contributed by atoms with Gasteiger partial charge in [0.1, 0.15) is 5.82 Å². The van der Waals surface area contributed by atoms with E-state index in [9.17, 15) is 9.59 Å². The lowest BCUT2D eigenvalue weighted by molar-refractivity contribution is -0.133. The number of rotatable bonds is 4. The highest BCUT2D eigenvalue weighted by molar-refractivity contribution is 9.10. The molecule has 1 saturated heterocycles. The Morgan fingerprint density at radius 2 is 1.93 bits per heavy atom. The summed E-state index contributed by atoms with van der Waals surface area (Å²) in [4.78, 5) is 31.6. The molecule has 1 atom stereocenters. The molecule has 6 heteroatoms. The molecule has 0 spiro atoms. The number of halogens is 1. The molecule has 4 rings (SSSR count).